The summed E-state index contributed by atoms with van der Waals surface area (Å²) >= 11 is 0. The highest BCUT2D eigenvalue weighted by atomic mass is 16.5. The number of aromatic nitrogens is 5. The van der Waals surface area contributed by atoms with E-state index in [0.29, 0.717) is 18.5 Å². The fourth-order valence-corrected chi connectivity index (χ4v) is 3.07. The molecule has 2 aromatic heterocycles. The molecular formula is C16H21N7O2. The highest BCUT2D eigenvalue weighted by Gasteiger charge is 2.29. The molecule has 1 saturated heterocycles. The van der Waals surface area contributed by atoms with Crippen molar-refractivity contribution in [3.05, 3.63) is 23.8 Å². The van der Waals surface area contributed by atoms with Gasteiger partial charge >= 0.3 is 6.01 Å². The number of rotatable bonds is 5. The zero-order valence-electron chi connectivity index (χ0n) is 14.3. The number of ether oxygens (including phenoxy) is 1. The van der Waals surface area contributed by atoms with Gasteiger partial charge in [-0.25, -0.2) is 14.6 Å². The van der Waals surface area contributed by atoms with Crippen LogP contribution in [0.1, 0.15) is 41.5 Å². The van der Waals surface area contributed by atoms with E-state index in [0.717, 1.165) is 24.6 Å². The number of hydrogen-bond acceptors (Lipinski definition) is 7. The number of anilines is 1. The van der Waals surface area contributed by atoms with Crippen molar-refractivity contribution in [2.45, 2.75) is 31.2 Å². The third-order valence-corrected chi connectivity index (χ3v) is 4.58. The molecule has 132 valence electrons. The number of hydrogen-bond donors (Lipinski definition) is 1. The van der Waals surface area contributed by atoms with E-state index >= 15 is 0 Å². The molecule has 25 heavy (non-hydrogen) atoms. The first-order chi connectivity index (χ1) is 12.1. The van der Waals surface area contributed by atoms with Crippen LogP contribution >= 0.6 is 0 Å². The average Bonchev–Trinajstić information content (AvgIpc) is 3.26. The van der Waals surface area contributed by atoms with Crippen molar-refractivity contribution < 1.29 is 9.53 Å². The number of methoxy groups -OCH3 is 1. The van der Waals surface area contributed by atoms with E-state index in [2.05, 4.69) is 30.3 Å². The third-order valence-electron chi connectivity index (χ3n) is 4.58. The number of aryl methyl sites for hydroxylation is 1. The molecule has 2 aromatic rings. The topological polar surface area (TPSA) is 98.1 Å². The number of nitrogens with one attached hydrogen (secondary N) is 1. The lowest BCUT2D eigenvalue weighted by Gasteiger charge is -2.17. The minimum absolute atomic E-state index is 0.0236. The van der Waals surface area contributed by atoms with Gasteiger partial charge < -0.3 is 15.0 Å². The molecule has 1 unspecified atom stereocenters. The van der Waals surface area contributed by atoms with Gasteiger partial charge in [-0.15, -0.1) is 5.10 Å². The van der Waals surface area contributed by atoms with Crippen LogP contribution in [0.4, 0.5) is 5.95 Å². The SMILES string of the molecule is COc1nc(C(=O)NC2CCN(c3nccc(C4CC4)n3)C2)nn1C. The average molecular weight is 343 g/mol. The van der Waals surface area contributed by atoms with Crippen molar-refractivity contribution in [2.75, 3.05) is 25.1 Å². The Morgan fingerprint density at radius 1 is 1.32 bits per heavy atom. The second-order valence-corrected chi connectivity index (χ2v) is 6.51. The molecule has 0 radical (unpaired) electrons. The van der Waals surface area contributed by atoms with Crippen molar-refractivity contribution >= 4 is 11.9 Å². The standard InChI is InChI=1S/C16H21N7O2/c1-22-16(25-2)20-13(21-22)14(24)18-11-6-8-23(9-11)15-17-7-5-12(19-15)10-3-4-10/h5,7,10-11H,3-4,6,8-9H2,1-2H3,(H,18,24). The van der Waals surface area contributed by atoms with Gasteiger partial charge in [0.15, 0.2) is 0 Å². The molecular weight excluding hydrogens is 322 g/mol. The van der Waals surface area contributed by atoms with Gasteiger partial charge in [-0.2, -0.15) is 4.98 Å². The summed E-state index contributed by atoms with van der Waals surface area (Å²) in [7, 11) is 3.18. The van der Waals surface area contributed by atoms with Crippen LogP contribution in [0.25, 0.3) is 0 Å². The van der Waals surface area contributed by atoms with E-state index in [-0.39, 0.29) is 17.8 Å². The molecule has 1 N–H and O–H groups in total. The maximum absolute atomic E-state index is 12.3. The molecule has 0 aromatic carbocycles. The Kier molecular flexibility index (Phi) is 3.98. The molecule has 2 fully saturated rings. The first-order valence-electron chi connectivity index (χ1n) is 8.48. The summed E-state index contributed by atoms with van der Waals surface area (Å²) in [4.78, 5) is 27.6. The minimum Gasteiger partial charge on any atom is -0.467 e. The van der Waals surface area contributed by atoms with Crippen LogP contribution < -0.4 is 15.0 Å². The Hall–Kier alpha value is -2.71. The van der Waals surface area contributed by atoms with E-state index in [9.17, 15) is 4.79 Å². The molecule has 3 heterocycles. The van der Waals surface area contributed by atoms with E-state index in [4.69, 9.17) is 4.74 Å². The molecule has 0 bridgehead atoms. The normalized spacial score (nSPS) is 19.9. The summed E-state index contributed by atoms with van der Waals surface area (Å²) in [6.07, 6.45) is 5.10. The largest absolute Gasteiger partial charge is 0.467 e. The summed E-state index contributed by atoms with van der Waals surface area (Å²) < 4.78 is 6.48. The Morgan fingerprint density at radius 3 is 2.88 bits per heavy atom. The van der Waals surface area contributed by atoms with Crippen LogP contribution in [-0.2, 0) is 7.05 Å². The maximum atomic E-state index is 12.3. The second kappa shape index (κ2) is 6.30. The second-order valence-electron chi connectivity index (χ2n) is 6.51. The Morgan fingerprint density at radius 2 is 2.16 bits per heavy atom. The van der Waals surface area contributed by atoms with E-state index in [1.165, 1.54) is 24.6 Å². The number of nitrogens with zero attached hydrogens (tertiary/aromatic N) is 6. The summed E-state index contributed by atoms with van der Waals surface area (Å²) in [5, 5.41) is 7.05. The number of amides is 1. The molecule has 0 spiro atoms. The van der Waals surface area contributed by atoms with Gasteiger partial charge in [0.2, 0.25) is 11.8 Å². The Balaban J connectivity index is 1.38. The van der Waals surface area contributed by atoms with Crippen molar-refractivity contribution in [2.24, 2.45) is 7.05 Å². The van der Waals surface area contributed by atoms with Gasteiger partial charge in [0.1, 0.15) is 0 Å². The summed E-state index contributed by atoms with van der Waals surface area (Å²) in [6.45, 7) is 1.50. The maximum Gasteiger partial charge on any atom is 0.314 e. The lowest BCUT2D eigenvalue weighted by atomic mass is 10.2. The van der Waals surface area contributed by atoms with Gasteiger partial charge in [-0.3, -0.25) is 4.79 Å². The summed E-state index contributed by atoms with van der Waals surface area (Å²) in [5.41, 5.74) is 1.13. The monoisotopic (exact) mass is 343 g/mol. The lowest BCUT2D eigenvalue weighted by Crippen LogP contribution is -2.38. The fraction of sp³-hybridized carbons (Fsp3) is 0.562. The van der Waals surface area contributed by atoms with E-state index in [1.54, 1.807) is 7.05 Å². The zero-order chi connectivity index (χ0) is 17.4. The number of carbonyl (C=O) groups excluding carboxylic acids is 1. The number of carbonyl (C=O) groups is 1. The fourth-order valence-electron chi connectivity index (χ4n) is 3.07. The highest BCUT2D eigenvalue weighted by molar-refractivity contribution is 5.90. The van der Waals surface area contributed by atoms with Crippen LogP contribution in [-0.4, -0.2) is 56.9 Å². The van der Waals surface area contributed by atoms with Crippen LogP contribution in [0, 0.1) is 0 Å². The van der Waals surface area contributed by atoms with Gasteiger partial charge in [0.05, 0.1) is 7.11 Å². The first kappa shape index (κ1) is 15.8. The third kappa shape index (κ3) is 3.26. The summed E-state index contributed by atoms with van der Waals surface area (Å²) in [5.74, 6) is 1.17. The van der Waals surface area contributed by atoms with E-state index in [1.807, 2.05) is 12.3 Å². The molecule has 1 amide bonds. The molecule has 2 aliphatic rings. The quantitative estimate of drug-likeness (QED) is 0.844. The zero-order valence-corrected chi connectivity index (χ0v) is 14.3. The lowest BCUT2D eigenvalue weighted by molar-refractivity contribution is 0.0929. The summed E-state index contributed by atoms with van der Waals surface area (Å²) in [6, 6.07) is 2.33. The van der Waals surface area contributed by atoms with Crippen LogP contribution in [0.3, 0.4) is 0 Å². The van der Waals surface area contributed by atoms with Crippen molar-refractivity contribution in [3.63, 3.8) is 0 Å². The molecule has 1 aliphatic carbocycles. The smallest absolute Gasteiger partial charge is 0.314 e. The van der Waals surface area contributed by atoms with Crippen molar-refractivity contribution in [1.82, 2.24) is 30.0 Å². The van der Waals surface area contributed by atoms with E-state index < -0.39 is 0 Å². The highest BCUT2D eigenvalue weighted by Crippen LogP contribution is 2.39. The predicted octanol–water partition coefficient (Wildman–Crippen LogP) is 0.500. The minimum atomic E-state index is -0.293. The molecule has 1 aliphatic heterocycles. The van der Waals surface area contributed by atoms with Crippen molar-refractivity contribution in [1.29, 1.82) is 0 Å². The Labute approximate surface area is 145 Å². The van der Waals surface area contributed by atoms with Crippen LogP contribution in [0.15, 0.2) is 12.3 Å². The predicted molar refractivity (Wildman–Crippen MR) is 89.6 cm³/mol. The Bertz CT molecular complexity index is 787. The van der Waals surface area contributed by atoms with Gasteiger partial charge in [-0.05, 0) is 25.3 Å². The van der Waals surface area contributed by atoms with Crippen molar-refractivity contribution in [3.8, 4) is 6.01 Å². The molecule has 1 saturated carbocycles. The molecule has 9 heteroatoms. The van der Waals surface area contributed by atoms with Crippen LogP contribution in [0.5, 0.6) is 6.01 Å². The first-order valence-corrected chi connectivity index (χ1v) is 8.48. The van der Waals surface area contributed by atoms with Gasteiger partial charge in [0, 0.05) is 44.0 Å². The molecule has 4 rings (SSSR count). The van der Waals surface area contributed by atoms with Gasteiger partial charge in [0.25, 0.3) is 5.91 Å². The van der Waals surface area contributed by atoms with Gasteiger partial charge in [-0.1, -0.05) is 0 Å². The van der Waals surface area contributed by atoms with Crippen LogP contribution in [0.2, 0.25) is 0 Å². The molecule has 9 nitrogen and oxygen atoms in total. The molecule has 1 atom stereocenters.